The van der Waals surface area contributed by atoms with E-state index in [2.05, 4.69) is 44.8 Å². The molecule has 4 rings (SSSR count). The number of piperidine rings is 1. The van der Waals surface area contributed by atoms with Crippen molar-refractivity contribution >= 4 is 34.2 Å². The zero-order valence-corrected chi connectivity index (χ0v) is 16.3. The smallest absolute Gasteiger partial charge is 0.220 e. The first-order valence-electron chi connectivity index (χ1n) is 8.92. The second kappa shape index (κ2) is 7.35. The van der Waals surface area contributed by atoms with Gasteiger partial charge in [-0.05, 0) is 56.1 Å². The fraction of sp³-hybridized carbons (Fsp3) is 0.632. The van der Waals surface area contributed by atoms with E-state index >= 15 is 0 Å². The minimum Gasteiger partial charge on any atom is -0.355 e. The predicted octanol–water partition coefficient (Wildman–Crippen LogP) is 3.94. The molecule has 0 aromatic heterocycles. The Morgan fingerprint density at radius 1 is 1.21 bits per heavy atom. The quantitative estimate of drug-likeness (QED) is 0.767. The van der Waals surface area contributed by atoms with Gasteiger partial charge in [-0.25, -0.2) is 0 Å². The fourth-order valence-electron chi connectivity index (χ4n) is 4.53. The molecule has 0 radical (unpaired) electrons. The van der Waals surface area contributed by atoms with Crippen molar-refractivity contribution in [1.82, 2.24) is 10.6 Å². The van der Waals surface area contributed by atoms with Crippen LogP contribution in [0.1, 0.15) is 50.5 Å². The van der Waals surface area contributed by atoms with E-state index in [1.807, 2.05) is 6.07 Å². The SMILES string of the molecule is Cl.O=C(CC1CC2CCC(C1)N2)NCC1(c2ccccc2Br)CC1. The summed E-state index contributed by atoms with van der Waals surface area (Å²) in [7, 11) is 0. The number of nitrogens with one attached hydrogen (secondary N) is 2. The Morgan fingerprint density at radius 3 is 2.50 bits per heavy atom. The molecule has 132 valence electrons. The summed E-state index contributed by atoms with van der Waals surface area (Å²) in [4.78, 5) is 12.4. The molecule has 1 saturated carbocycles. The van der Waals surface area contributed by atoms with E-state index in [0.29, 0.717) is 24.4 Å². The highest BCUT2D eigenvalue weighted by Gasteiger charge is 2.45. The van der Waals surface area contributed by atoms with E-state index in [1.165, 1.54) is 48.6 Å². The van der Waals surface area contributed by atoms with Crippen LogP contribution in [0, 0.1) is 5.92 Å². The van der Waals surface area contributed by atoms with Crippen LogP contribution in [0.5, 0.6) is 0 Å². The van der Waals surface area contributed by atoms with Gasteiger partial charge in [-0.1, -0.05) is 34.1 Å². The van der Waals surface area contributed by atoms with Gasteiger partial charge in [0.15, 0.2) is 0 Å². The molecular weight excluding hydrogens is 388 g/mol. The second-order valence-electron chi connectivity index (χ2n) is 7.72. The number of fused-ring (bicyclic) bond motifs is 2. The first-order chi connectivity index (χ1) is 11.1. The number of benzene rings is 1. The van der Waals surface area contributed by atoms with Gasteiger partial charge in [0.25, 0.3) is 0 Å². The first kappa shape index (κ1) is 18.2. The third-order valence-electron chi connectivity index (χ3n) is 5.97. The Hall–Kier alpha value is -0.580. The van der Waals surface area contributed by atoms with Crippen molar-refractivity contribution in [2.45, 2.75) is 62.4 Å². The molecule has 2 bridgehead atoms. The Balaban J connectivity index is 0.00000169. The molecule has 2 atom stereocenters. The number of halogens is 2. The van der Waals surface area contributed by atoms with Gasteiger partial charge in [-0.3, -0.25) is 4.79 Å². The van der Waals surface area contributed by atoms with Gasteiger partial charge in [-0.15, -0.1) is 12.4 Å². The van der Waals surface area contributed by atoms with Crippen molar-refractivity contribution < 1.29 is 4.79 Å². The fourth-order valence-corrected chi connectivity index (χ4v) is 5.23. The Labute approximate surface area is 158 Å². The highest BCUT2D eigenvalue weighted by atomic mass is 79.9. The van der Waals surface area contributed by atoms with E-state index in [-0.39, 0.29) is 23.7 Å². The number of amides is 1. The molecule has 3 nitrogen and oxygen atoms in total. The zero-order chi connectivity index (χ0) is 15.9. The summed E-state index contributed by atoms with van der Waals surface area (Å²) >= 11 is 3.66. The van der Waals surface area contributed by atoms with Crippen molar-refractivity contribution in [1.29, 1.82) is 0 Å². The van der Waals surface area contributed by atoms with Gasteiger partial charge >= 0.3 is 0 Å². The number of rotatable bonds is 5. The lowest BCUT2D eigenvalue weighted by Crippen LogP contribution is -2.40. The highest BCUT2D eigenvalue weighted by molar-refractivity contribution is 9.10. The molecule has 5 heteroatoms. The molecule has 3 fully saturated rings. The maximum Gasteiger partial charge on any atom is 0.220 e. The summed E-state index contributed by atoms with van der Waals surface area (Å²) in [5.41, 5.74) is 1.52. The Morgan fingerprint density at radius 2 is 1.88 bits per heavy atom. The number of carbonyl (C=O) groups excluding carboxylic acids is 1. The van der Waals surface area contributed by atoms with Crippen molar-refractivity contribution in [2.75, 3.05) is 6.54 Å². The van der Waals surface area contributed by atoms with Crippen LogP contribution in [0.15, 0.2) is 28.7 Å². The van der Waals surface area contributed by atoms with Crippen LogP contribution in [-0.2, 0) is 10.2 Å². The van der Waals surface area contributed by atoms with Crippen molar-refractivity contribution in [3.05, 3.63) is 34.3 Å². The molecule has 2 N–H and O–H groups in total. The van der Waals surface area contributed by atoms with Crippen LogP contribution in [0.25, 0.3) is 0 Å². The van der Waals surface area contributed by atoms with Gasteiger partial charge in [0.05, 0.1) is 0 Å². The van der Waals surface area contributed by atoms with E-state index in [9.17, 15) is 4.79 Å². The van der Waals surface area contributed by atoms with Gasteiger partial charge in [0, 0.05) is 34.9 Å². The maximum atomic E-state index is 12.4. The van der Waals surface area contributed by atoms with Crippen LogP contribution >= 0.6 is 28.3 Å². The number of hydrogen-bond acceptors (Lipinski definition) is 2. The summed E-state index contributed by atoms with van der Waals surface area (Å²) in [5.74, 6) is 0.821. The molecule has 2 unspecified atom stereocenters. The average Bonchev–Trinajstić information content (AvgIpc) is 3.25. The standard InChI is InChI=1S/C19H25BrN2O.ClH/c20-17-4-2-1-3-16(17)19(7-8-19)12-21-18(23)11-13-9-14-5-6-15(10-13)22-14;/h1-4,13-15,22H,5-12H2,(H,21,23);1H. The van der Waals surface area contributed by atoms with Gasteiger partial charge < -0.3 is 10.6 Å². The van der Waals surface area contributed by atoms with Crippen LogP contribution < -0.4 is 10.6 Å². The minimum absolute atomic E-state index is 0. The highest BCUT2D eigenvalue weighted by Crippen LogP contribution is 2.50. The normalized spacial score (nSPS) is 29.6. The summed E-state index contributed by atoms with van der Waals surface area (Å²) in [6, 6.07) is 9.76. The Kier molecular flexibility index (Phi) is 5.58. The number of hydrogen-bond donors (Lipinski definition) is 2. The Bertz CT molecular complexity index is 593. The lowest BCUT2D eigenvalue weighted by Gasteiger charge is -2.29. The molecule has 1 aromatic carbocycles. The summed E-state index contributed by atoms with van der Waals surface area (Å²) in [6.07, 6.45) is 8.02. The van der Waals surface area contributed by atoms with Crippen molar-refractivity contribution in [2.24, 2.45) is 5.92 Å². The van der Waals surface area contributed by atoms with E-state index < -0.39 is 0 Å². The minimum atomic E-state index is 0. The summed E-state index contributed by atoms with van der Waals surface area (Å²) < 4.78 is 1.17. The predicted molar refractivity (Wildman–Crippen MR) is 103 cm³/mol. The third kappa shape index (κ3) is 3.81. The molecule has 24 heavy (non-hydrogen) atoms. The molecule has 1 aromatic rings. The zero-order valence-electron chi connectivity index (χ0n) is 13.9. The maximum absolute atomic E-state index is 12.4. The molecule has 1 aliphatic carbocycles. The van der Waals surface area contributed by atoms with Crippen LogP contribution in [0.4, 0.5) is 0 Å². The van der Waals surface area contributed by atoms with Crippen molar-refractivity contribution in [3.63, 3.8) is 0 Å². The third-order valence-corrected chi connectivity index (χ3v) is 6.66. The van der Waals surface area contributed by atoms with E-state index in [0.717, 1.165) is 6.54 Å². The van der Waals surface area contributed by atoms with Gasteiger partial charge in [0.1, 0.15) is 0 Å². The van der Waals surface area contributed by atoms with Gasteiger partial charge in [-0.2, -0.15) is 0 Å². The molecule has 2 saturated heterocycles. The monoisotopic (exact) mass is 412 g/mol. The molecule has 2 aliphatic heterocycles. The lowest BCUT2D eigenvalue weighted by molar-refractivity contribution is -0.122. The summed E-state index contributed by atoms with van der Waals surface area (Å²) in [5, 5.41) is 6.88. The van der Waals surface area contributed by atoms with E-state index in [1.54, 1.807) is 0 Å². The topological polar surface area (TPSA) is 41.1 Å². The van der Waals surface area contributed by atoms with Crippen LogP contribution in [0.3, 0.4) is 0 Å². The largest absolute Gasteiger partial charge is 0.355 e. The lowest BCUT2D eigenvalue weighted by atomic mass is 9.89. The second-order valence-corrected chi connectivity index (χ2v) is 8.57. The molecule has 3 aliphatic rings. The molecule has 2 heterocycles. The van der Waals surface area contributed by atoms with Crippen molar-refractivity contribution in [3.8, 4) is 0 Å². The average molecular weight is 414 g/mol. The van der Waals surface area contributed by atoms with Gasteiger partial charge in [0.2, 0.25) is 5.91 Å². The molecule has 1 amide bonds. The first-order valence-corrected chi connectivity index (χ1v) is 9.72. The molecule has 0 spiro atoms. The summed E-state index contributed by atoms with van der Waals surface area (Å²) in [6.45, 7) is 0.784. The van der Waals surface area contributed by atoms with E-state index in [4.69, 9.17) is 0 Å². The van der Waals surface area contributed by atoms with Crippen LogP contribution in [0.2, 0.25) is 0 Å². The molecular formula is C19H26BrClN2O. The number of carbonyl (C=O) groups is 1. The van der Waals surface area contributed by atoms with Crippen LogP contribution in [-0.4, -0.2) is 24.5 Å².